The van der Waals surface area contributed by atoms with Crippen molar-refractivity contribution in [3.05, 3.63) is 70.8 Å². The Labute approximate surface area is 225 Å². The van der Waals surface area contributed by atoms with Gasteiger partial charge in [0.1, 0.15) is 12.1 Å². The maximum absolute atomic E-state index is 14.3. The fraction of sp³-hybridized carbons (Fsp3) is 0.379. The number of hydrogen-bond acceptors (Lipinski definition) is 6. The lowest BCUT2D eigenvalue weighted by atomic mass is 9.83. The van der Waals surface area contributed by atoms with E-state index in [1.165, 1.54) is 29.6 Å². The predicted molar refractivity (Wildman–Crippen MR) is 141 cm³/mol. The molecular weight excluding hydrogens is 507 g/mol. The van der Waals surface area contributed by atoms with Gasteiger partial charge in [0.05, 0.1) is 33.7 Å². The number of hydrogen-bond donors (Lipinski definition) is 2. The zero-order valence-electron chi connectivity index (χ0n) is 22.0. The van der Waals surface area contributed by atoms with Crippen molar-refractivity contribution in [2.24, 2.45) is 5.92 Å². The molecule has 0 spiro atoms. The van der Waals surface area contributed by atoms with Gasteiger partial charge in [-0.05, 0) is 63.3 Å². The number of carbonyl (C=O) groups excluding carboxylic acids is 1. The van der Waals surface area contributed by atoms with E-state index in [-0.39, 0.29) is 30.3 Å². The molecule has 3 heterocycles. The van der Waals surface area contributed by atoms with Crippen LogP contribution in [-0.4, -0.2) is 49.6 Å². The number of aryl methyl sites for hydroxylation is 1. The van der Waals surface area contributed by atoms with Crippen LogP contribution in [0.5, 0.6) is 0 Å². The molecule has 10 heteroatoms. The number of nitrogens with two attached hydrogens (primary N) is 1. The van der Waals surface area contributed by atoms with E-state index in [1.54, 1.807) is 26.0 Å². The molecule has 4 rings (SSSR count). The number of nitrogens with zero attached hydrogens (tertiary/aromatic N) is 4. The van der Waals surface area contributed by atoms with E-state index >= 15 is 0 Å². The number of rotatable bonds is 4. The van der Waals surface area contributed by atoms with Crippen molar-refractivity contribution in [1.82, 2.24) is 19.9 Å². The molecule has 1 amide bonds. The molecule has 1 fully saturated rings. The Balaban J connectivity index is 1.72. The molecule has 0 atom stereocenters. The van der Waals surface area contributed by atoms with Crippen molar-refractivity contribution in [3.63, 3.8) is 0 Å². The van der Waals surface area contributed by atoms with E-state index in [2.05, 4.69) is 26.8 Å². The molecule has 39 heavy (non-hydrogen) atoms. The smallest absolute Gasteiger partial charge is 0.390 e. The molecule has 0 bridgehead atoms. The molecular formula is C29H30F3N5O2. The van der Waals surface area contributed by atoms with Crippen LogP contribution in [0.25, 0.3) is 11.3 Å². The largest absolute Gasteiger partial charge is 0.417 e. The first-order chi connectivity index (χ1) is 18.4. The highest BCUT2D eigenvalue weighted by Gasteiger charge is 2.38. The minimum absolute atomic E-state index is 0.0277. The van der Waals surface area contributed by atoms with E-state index in [9.17, 15) is 23.1 Å². The molecule has 0 aliphatic carbocycles. The van der Waals surface area contributed by atoms with Crippen LogP contribution in [-0.2, 0) is 12.6 Å². The first-order valence-corrected chi connectivity index (χ1v) is 12.7. The normalized spacial score (nSPS) is 14.6. The fourth-order valence-electron chi connectivity index (χ4n) is 4.73. The van der Waals surface area contributed by atoms with Gasteiger partial charge in [0.25, 0.3) is 5.91 Å². The first-order valence-electron chi connectivity index (χ1n) is 12.7. The zero-order chi connectivity index (χ0) is 28.4. The van der Waals surface area contributed by atoms with Crippen molar-refractivity contribution in [2.75, 3.05) is 18.8 Å². The van der Waals surface area contributed by atoms with Crippen LogP contribution >= 0.6 is 0 Å². The molecule has 1 aliphatic rings. The summed E-state index contributed by atoms with van der Waals surface area (Å²) < 4.78 is 42.8. The number of benzene rings is 1. The Morgan fingerprint density at radius 3 is 2.41 bits per heavy atom. The first kappa shape index (κ1) is 28.0. The lowest BCUT2D eigenvalue weighted by molar-refractivity contribution is -0.138. The molecule has 0 unspecified atom stereocenters. The van der Waals surface area contributed by atoms with Crippen molar-refractivity contribution < 1.29 is 23.1 Å². The molecule has 3 aromatic rings. The summed E-state index contributed by atoms with van der Waals surface area (Å²) in [6, 6.07) is 6.91. The van der Waals surface area contributed by atoms with Gasteiger partial charge in [-0.15, -0.1) is 0 Å². The molecule has 3 N–H and O–H groups in total. The number of alkyl halides is 3. The molecule has 0 saturated carbocycles. The summed E-state index contributed by atoms with van der Waals surface area (Å²) in [4.78, 5) is 27.2. The second-order valence-electron chi connectivity index (χ2n) is 10.1. The number of amides is 1. The van der Waals surface area contributed by atoms with E-state index in [0.717, 1.165) is 6.07 Å². The number of likely N-dealkylation sites (tertiary alicyclic amines) is 1. The van der Waals surface area contributed by atoms with Crippen molar-refractivity contribution in [3.8, 4) is 23.1 Å². The second kappa shape index (κ2) is 11.0. The highest BCUT2D eigenvalue weighted by atomic mass is 19.4. The Bertz CT molecular complexity index is 1410. The standard InChI is InChI=1S/C29H30F3N5O2/c1-4-24-22(8-5-18-6-10-25(33)34-16-18)26(36-17-35-24)19-7-9-21(23(15-19)29(30,31)32)27(38)37-13-11-20(12-14-37)28(2,3)39/h6-7,9-10,15-17,20,39H,4,11-14H2,1-3H3,(H2,33,34). The van der Waals surface area contributed by atoms with Crippen LogP contribution < -0.4 is 5.73 Å². The molecule has 1 aromatic carbocycles. The molecule has 7 nitrogen and oxygen atoms in total. The quantitative estimate of drug-likeness (QED) is 0.467. The number of carbonyl (C=O) groups is 1. The van der Waals surface area contributed by atoms with Crippen LogP contribution in [0.15, 0.2) is 42.9 Å². The Hall–Kier alpha value is -3.97. The van der Waals surface area contributed by atoms with Gasteiger partial charge in [-0.25, -0.2) is 15.0 Å². The lowest BCUT2D eigenvalue weighted by Crippen LogP contribution is -2.44. The van der Waals surface area contributed by atoms with Crippen molar-refractivity contribution >= 4 is 11.7 Å². The highest BCUT2D eigenvalue weighted by molar-refractivity contribution is 5.96. The van der Waals surface area contributed by atoms with Gasteiger partial charge in [0.2, 0.25) is 0 Å². The van der Waals surface area contributed by atoms with Gasteiger partial charge in [-0.2, -0.15) is 13.2 Å². The fourth-order valence-corrected chi connectivity index (χ4v) is 4.73. The van der Waals surface area contributed by atoms with E-state index in [1.807, 2.05) is 6.92 Å². The predicted octanol–water partition coefficient (Wildman–Crippen LogP) is 4.72. The summed E-state index contributed by atoms with van der Waals surface area (Å²) in [5.41, 5.74) is 5.24. The van der Waals surface area contributed by atoms with Crippen molar-refractivity contribution in [2.45, 2.75) is 51.8 Å². The third-order valence-corrected chi connectivity index (χ3v) is 6.99. The van der Waals surface area contributed by atoms with Gasteiger partial charge < -0.3 is 15.7 Å². The maximum Gasteiger partial charge on any atom is 0.417 e. The van der Waals surface area contributed by atoms with E-state index in [4.69, 9.17) is 5.73 Å². The third kappa shape index (κ3) is 6.37. The van der Waals surface area contributed by atoms with Gasteiger partial charge >= 0.3 is 6.18 Å². The molecule has 1 saturated heterocycles. The van der Waals surface area contributed by atoms with Crippen LogP contribution in [0.3, 0.4) is 0 Å². The third-order valence-electron chi connectivity index (χ3n) is 6.99. The number of halogens is 3. The maximum atomic E-state index is 14.3. The summed E-state index contributed by atoms with van der Waals surface area (Å²) in [6.07, 6.45) is -0.452. The van der Waals surface area contributed by atoms with Crippen LogP contribution in [0.2, 0.25) is 0 Å². The van der Waals surface area contributed by atoms with E-state index in [0.29, 0.717) is 41.9 Å². The van der Waals surface area contributed by atoms with Crippen molar-refractivity contribution in [1.29, 1.82) is 0 Å². The number of piperidine rings is 1. The molecule has 0 radical (unpaired) electrons. The number of pyridine rings is 1. The minimum Gasteiger partial charge on any atom is -0.390 e. The number of nitrogen functional groups attached to an aromatic ring is 1. The summed E-state index contributed by atoms with van der Waals surface area (Å²) >= 11 is 0. The van der Waals surface area contributed by atoms with Crippen LogP contribution in [0.4, 0.5) is 19.0 Å². The van der Waals surface area contributed by atoms with Gasteiger partial charge in [0, 0.05) is 30.4 Å². The number of anilines is 1. The Morgan fingerprint density at radius 1 is 1.10 bits per heavy atom. The summed E-state index contributed by atoms with van der Waals surface area (Å²) in [7, 11) is 0. The second-order valence-corrected chi connectivity index (χ2v) is 10.1. The Kier molecular flexibility index (Phi) is 7.93. The van der Waals surface area contributed by atoms with Crippen LogP contribution in [0, 0.1) is 17.8 Å². The van der Waals surface area contributed by atoms with Crippen LogP contribution in [0.1, 0.15) is 66.4 Å². The molecule has 1 aliphatic heterocycles. The SMILES string of the molecule is CCc1ncnc(-c2ccc(C(=O)N3CCC(C(C)(C)O)CC3)c(C(F)(F)F)c2)c1C#Cc1ccc(N)nc1. The van der Waals surface area contributed by atoms with Gasteiger partial charge in [-0.3, -0.25) is 4.79 Å². The Morgan fingerprint density at radius 2 is 1.82 bits per heavy atom. The average Bonchev–Trinajstić information content (AvgIpc) is 2.91. The topological polar surface area (TPSA) is 105 Å². The zero-order valence-corrected chi connectivity index (χ0v) is 22.0. The van der Waals surface area contributed by atoms with Gasteiger partial charge in [0.15, 0.2) is 0 Å². The minimum atomic E-state index is -4.77. The number of aliphatic hydroxyl groups is 1. The van der Waals surface area contributed by atoms with Gasteiger partial charge in [-0.1, -0.05) is 24.8 Å². The monoisotopic (exact) mass is 537 g/mol. The summed E-state index contributed by atoms with van der Waals surface area (Å²) in [5.74, 6) is 5.58. The molecule has 2 aromatic heterocycles. The van der Waals surface area contributed by atoms with E-state index < -0.39 is 28.8 Å². The molecule has 204 valence electrons. The lowest BCUT2D eigenvalue weighted by Gasteiger charge is -2.38. The average molecular weight is 538 g/mol. The highest BCUT2D eigenvalue weighted by Crippen LogP contribution is 2.37. The summed E-state index contributed by atoms with van der Waals surface area (Å²) in [6.45, 7) is 5.83. The number of aromatic nitrogens is 3. The summed E-state index contributed by atoms with van der Waals surface area (Å²) in [5, 5.41) is 10.3.